The van der Waals surface area contributed by atoms with Gasteiger partial charge in [0.1, 0.15) is 11.7 Å². The smallest absolute Gasteiger partial charge is 0.326 e. The number of nitrogens with zero attached hydrogens (tertiary/aromatic N) is 1. The van der Waals surface area contributed by atoms with Crippen LogP contribution in [0.25, 0.3) is 0 Å². The summed E-state index contributed by atoms with van der Waals surface area (Å²) in [5.41, 5.74) is 0.771. The highest BCUT2D eigenvalue weighted by atomic mass is 16.4. The first kappa shape index (κ1) is 15.4. The van der Waals surface area contributed by atoms with E-state index in [4.69, 9.17) is 10.2 Å². The van der Waals surface area contributed by atoms with Crippen LogP contribution >= 0.6 is 0 Å². The Morgan fingerprint density at radius 1 is 1.30 bits per heavy atom. The lowest BCUT2D eigenvalue weighted by Crippen LogP contribution is -2.41. The largest absolute Gasteiger partial charge is 0.481 e. The molecule has 1 atom stereocenters. The van der Waals surface area contributed by atoms with Gasteiger partial charge in [-0.15, -0.1) is 0 Å². The molecule has 1 aromatic rings. The van der Waals surface area contributed by atoms with Gasteiger partial charge in [0.05, 0.1) is 11.9 Å². The van der Waals surface area contributed by atoms with Gasteiger partial charge in [-0.1, -0.05) is 0 Å². The van der Waals surface area contributed by atoms with Crippen molar-refractivity contribution in [1.29, 1.82) is 0 Å². The highest BCUT2D eigenvalue weighted by Gasteiger charge is 2.22. The van der Waals surface area contributed by atoms with Gasteiger partial charge in [-0.3, -0.25) is 9.59 Å². The Labute approximate surface area is 114 Å². The Hall–Kier alpha value is -2.64. The molecular formula is C12H15N3O5. The summed E-state index contributed by atoms with van der Waals surface area (Å²) >= 11 is 0. The second-order valence-corrected chi connectivity index (χ2v) is 3.98. The molecule has 20 heavy (non-hydrogen) atoms. The summed E-state index contributed by atoms with van der Waals surface area (Å²) in [6.07, 6.45) is 0.899. The first-order chi connectivity index (χ1) is 9.43. The molecule has 1 heterocycles. The van der Waals surface area contributed by atoms with E-state index in [2.05, 4.69) is 15.6 Å². The maximum atomic E-state index is 11.8. The molecule has 0 spiro atoms. The van der Waals surface area contributed by atoms with Crippen LogP contribution in [-0.2, 0) is 9.59 Å². The molecular weight excluding hydrogens is 266 g/mol. The Bertz CT molecular complexity index is 500. The quantitative estimate of drug-likeness (QED) is 0.560. The standard InChI is InChI=1S/C12H15N3O5/c1-13-7-2-3-8(14-6-7)11(18)15-9(12(19)20)4-5-10(16)17/h2-3,6,9,13H,4-5H2,1H3,(H,15,18)(H,16,17)(H,19,20)/t9-/m0/s1. The third-order valence-electron chi connectivity index (χ3n) is 2.54. The summed E-state index contributed by atoms with van der Waals surface area (Å²) < 4.78 is 0. The van der Waals surface area contributed by atoms with E-state index >= 15 is 0 Å². The van der Waals surface area contributed by atoms with Gasteiger partial charge in [-0.05, 0) is 18.6 Å². The van der Waals surface area contributed by atoms with Crippen LogP contribution in [0.3, 0.4) is 0 Å². The molecule has 0 aliphatic carbocycles. The Morgan fingerprint density at radius 3 is 2.45 bits per heavy atom. The number of carbonyl (C=O) groups excluding carboxylic acids is 1. The highest BCUT2D eigenvalue weighted by Crippen LogP contribution is 2.06. The van der Waals surface area contributed by atoms with E-state index in [1.54, 1.807) is 13.1 Å². The lowest BCUT2D eigenvalue weighted by molar-refractivity contribution is -0.140. The van der Waals surface area contributed by atoms with Crippen molar-refractivity contribution in [3.05, 3.63) is 24.0 Å². The van der Waals surface area contributed by atoms with E-state index in [1.165, 1.54) is 12.3 Å². The zero-order chi connectivity index (χ0) is 15.1. The minimum Gasteiger partial charge on any atom is -0.481 e. The molecule has 0 bridgehead atoms. The van der Waals surface area contributed by atoms with Crippen LogP contribution in [-0.4, -0.2) is 46.1 Å². The topological polar surface area (TPSA) is 129 Å². The number of carboxylic acid groups (broad SMARTS) is 2. The van der Waals surface area contributed by atoms with Crippen LogP contribution in [0.4, 0.5) is 5.69 Å². The monoisotopic (exact) mass is 281 g/mol. The number of hydrogen-bond donors (Lipinski definition) is 4. The number of carbonyl (C=O) groups is 3. The third kappa shape index (κ3) is 4.56. The van der Waals surface area contributed by atoms with Crippen LogP contribution in [0.2, 0.25) is 0 Å². The summed E-state index contributed by atoms with van der Waals surface area (Å²) in [6.45, 7) is 0. The molecule has 4 N–H and O–H groups in total. The highest BCUT2D eigenvalue weighted by molar-refractivity contribution is 5.95. The molecule has 0 saturated carbocycles. The normalized spacial score (nSPS) is 11.4. The predicted molar refractivity (Wildman–Crippen MR) is 69.5 cm³/mol. The number of aliphatic carboxylic acids is 2. The average molecular weight is 281 g/mol. The summed E-state index contributed by atoms with van der Waals surface area (Å²) in [5.74, 6) is -3.07. The Kier molecular flexibility index (Phi) is 5.45. The predicted octanol–water partition coefficient (Wildman–Crippen LogP) is 0.171. The van der Waals surface area contributed by atoms with Crippen molar-refractivity contribution in [2.24, 2.45) is 0 Å². The lowest BCUT2D eigenvalue weighted by Gasteiger charge is -2.13. The molecule has 8 nitrogen and oxygen atoms in total. The summed E-state index contributed by atoms with van der Waals surface area (Å²) in [7, 11) is 1.70. The number of pyridine rings is 1. The Morgan fingerprint density at radius 2 is 2.00 bits per heavy atom. The minimum absolute atomic E-state index is 0.0607. The Balaban J connectivity index is 2.69. The van der Waals surface area contributed by atoms with Gasteiger partial charge in [0, 0.05) is 13.5 Å². The second-order valence-electron chi connectivity index (χ2n) is 3.98. The van der Waals surface area contributed by atoms with Crippen molar-refractivity contribution in [1.82, 2.24) is 10.3 Å². The van der Waals surface area contributed by atoms with Gasteiger partial charge in [0.15, 0.2) is 0 Å². The van der Waals surface area contributed by atoms with Crippen LogP contribution in [0, 0.1) is 0 Å². The molecule has 0 saturated heterocycles. The molecule has 0 unspecified atom stereocenters. The molecule has 0 aromatic carbocycles. The molecule has 8 heteroatoms. The number of aromatic nitrogens is 1. The number of anilines is 1. The van der Waals surface area contributed by atoms with Crippen LogP contribution < -0.4 is 10.6 Å². The average Bonchev–Trinajstić information content (AvgIpc) is 2.42. The fourth-order valence-corrected chi connectivity index (χ4v) is 1.43. The maximum absolute atomic E-state index is 11.8. The van der Waals surface area contributed by atoms with E-state index in [1.807, 2.05) is 0 Å². The molecule has 1 amide bonds. The summed E-state index contributed by atoms with van der Waals surface area (Å²) in [5, 5.41) is 22.5. The van der Waals surface area contributed by atoms with Crippen molar-refractivity contribution in [3.63, 3.8) is 0 Å². The van der Waals surface area contributed by atoms with Gasteiger partial charge >= 0.3 is 11.9 Å². The number of amides is 1. The van der Waals surface area contributed by atoms with Gasteiger partial charge in [-0.25, -0.2) is 9.78 Å². The molecule has 0 aliphatic rings. The van der Waals surface area contributed by atoms with Crippen molar-refractivity contribution in [2.75, 3.05) is 12.4 Å². The summed E-state index contributed by atoms with van der Waals surface area (Å²) in [6, 6.07) is 1.80. The molecule has 1 aromatic heterocycles. The van der Waals surface area contributed by atoms with Crippen LogP contribution in [0.1, 0.15) is 23.3 Å². The van der Waals surface area contributed by atoms with Gasteiger partial charge < -0.3 is 20.8 Å². The number of carboxylic acids is 2. The first-order valence-electron chi connectivity index (χ1n) is 5.83. The fourth-order valence-electron chi connectivity index (χ4n) is 1.43. The molecule has 0 radical (unpaired) electrons. The number of hydrogen-bond acceptors (Lipinski definition) is 5. The number of nitrogens with one attached hydrogen (secondary N) is 2. The SMILES string of the molecule is CNc1ccc(C(=O)N[C@@H](CCC(=O)O)C(=O)O)nc1. The van der Waals surface area contributed by atoms with Crippen molar-refractivity contribution in [3.8, 4) is 0 Å². The van der Waals surface area contributed by atoms with E-state index in [-0.39, 0.29) is 18.5 Å². The maximum Gasteiger partial charge on any atom is 0.326 e. The summed E-state index contributed by atoms with van der Waals surface area (Å²) in [4.78, 5) is 37.0. The second kappa shape index (κ2) is 7.07. The van der Waals surface area contributed by atoms with E-state index < -0.39 is 23.9 Å². The van der Waals surface area contributed by atoms with Crippen LogP contribution in [0.15, 0.2) is 18.3 Å². The minimum atomic E-state index is -1.29. The van der Waals surface area contributed by atoms with E-state index in [0.717, 1.165) is 0 Å². The van der Waals surface area contributed by atoms with Crippen molar-refractivity contribution in [2.45, 2.75) is 18.9 Å². The van der Waals surface area contributed by atoms with E-state index in [9.17, 15) is 14.4 Å². The van der Waals surface area contributed by atoms with E-state index in [0.29, 0.717) is 5.69 Å². The zero-order valence-corrected chi connectivity index (χ0v) is 10.8. The van der Waals surface area contributed by atoms with Crippen molar-refractivity contribution >= 4 is 23.5 Å². The number of rotatable bonds is 7. The zero-order valence-electron chi connectivity index (χ0n) is 10.8. The molecule has 0 aliphatic heterocycles. The van der Waals surface area contributed by atoms with Crippen LogP contribution in [0.5, 0.6) is 0 Å². The van der Waals surface area contributed by atoms with Gasteiger partial charge in [-0.2, -0.15) is 0 Å². The first-order valence-corrected chi connectivity index (χ1v) is 5.83. The van der Waals surface area contributed by atoms with Gasteiger partial charge in [0.25, 0.3) is 5.91 Å². The molecule has 0 fully saturated rings. The molecule has 1 rings (SSSR count). The molecule has 108 valence electrons. The van der Waals surface area contributed by atoms with Gasteiger partial charge in [0.2, 0.25) is 0 Å². The fraction of sp³-hybridized carbons (Fsp3) is 0.333. The third-order valence-corrected chi connectivity index (χ3v) is 2.54. The van der Waals surface area contributed by atoms with Crippen molar-refractivity contribution < 1.29 is 24.6 Å². The lowest BCUT2D eigenvalue weighted by atomic mass is 10.1.